The Balaban J connectivity index is 2.48. The average Bonchev–Trinajstić information content (AvgIpc) is 2.45. The fourth-order valence-electron chi connectivity index (χ4n) is 3.19. The molecule has 20 heavy (non-hydrogen) atoms. The number of amides is 1. The van der Waals surface area contributed by atoms with Crippen molar-refractivity contribution in [2.24, 2.45) is 5.92 Å². The Morgan fingerprint density at radius 2 is 1.95 bits per heavy atom. The first-order chi connectivity index (χ1) is 9.58. The molecular weight excluding hydrogens is 248 g/mol. The number of carbonyl (C=O) groups is 1. The summed E-state index contributed by atoms with van der Waals surface area (Å²) >= 11 is 0. The minimum atomic E-state index is 0.361. The van der Waals surface area contributed by atoms with Gasteiger partial charge in [0.05, 0.1) is 0 Å². The van der Waals surface area contributed by atoms with Crippen LogP contribution in [0.5, 0.6) is 0 Å². The zero-order valence-electron chi connectivity index (χ0n) is 14.0. The molecule has 1 aliphatic heterocycles. The van der Waals surface area contributed by atoms with Crippen LogP contribution in [-0.4, -0.2) is 36.0 Å². The third-order valence-electron chi connectivity index (χ3n) is 4.38. The quantitative estimate of drug-likeness (QED) is 0.738. The molecule has 1 N–H and O–H groups in total. The van der Waals surface area contributed by atoms with E-state index in [2.05, 4.69) is 37.9 Å². The van der Waals surface area contributed by atoms with Crippen LogP contribution in [0.1, 0.15) is 72.6 Å². The van der Waals surface area contributed by atoms with E-state index in [9.17, 15) is 4.79 Å². The molecule has 0 aliphatic carbocycles. The van der Waals surface area contributed by atoms with Gasteiger partial charge in [0.15, 0.2) is 0 Å². The van der Waals surface area contributed by atoms with Crippen molar-refractivity contribution in [2.45, 2.75) is 84.7 Å². The molecule has 1 unspecified atom stereocenters. The van der Waals surface area contributed by atoms with Gasteiger partial charge in [-0.05, 0) is 44.6 Å². The summed E-state index contributed by atoms with van der Waals surface area (Å²) in [5, 5.41) is 3.54. The minimum Gasteiger partial charge on any atom is -0.339 e. The second-order valence-electron chi connectivity index (χ2n) is 6.60. The molecule has 3 heteroatoms. The number of nitrogens with zero attached hydrogens (tertiary/aromatic N) is 1. The minimum absolute atomic E-state index is 0.361. The zero-order valence-corrected chi connectivity index (χ0v) is 14.0. The highest BCUT2D eigenvalue weighted by molar-refractivity contribution is 5.76. The SMILES string of the molecule is CCC(CC)N(CC(C)C)C(=O)CCC1CCCCN1. The van der Waals surface area contributed by atoms with Crippen molar-refractivity contribution in [1.29, 1.82) is 0 Å². The Bertz CT molecular complexity index is 268. The Morgan fingerprint density at radius 1 is 1.25 bits per heavy atom. The van der Waals surface area contributed by atoms with E-state index in [1.807, 2.05) is 0 Å². The number of piperidine rings is 1. The van der Waals surface area contributed by atoms with Gasteiger partial charge >= 0.3 is 0 Å². The van der Waals surface area contributed by atoms with Gasteiger partial charge < -0.3 is 10.2 Å². The molecular formula is C17H34N2O. The third kappa shape index (κ3) is 5.82. The van der Waals surface area contributed by atoms with Crippen LogP contribution < -0.4 is 5.32 Å². The van der Waals surface area contributed by atoms with Gasteiger partial charge in [0.25, 0.3) is 0 Å². The van der Waals surface area contributed by atoms with E-state index in [4.69, 9.17) is 0 Å². The Morgan fingerprint density at radius 3 is 2.45 bits per heavy atom. The van der Waals surface area contributed by atoms with Gasteiger partial charge in [-0.2, -0.15) is 0 Å². The van der Waals surface area contributed by atoms with E-state index in [-0.39, 0.29) is 0 Å². The van der Waals surface area contributed by atoms with Crippen molar-refractivity contribution in [1.82, 2.24) is 10.2 Å². The summed E-state index contributed by atoms with van der Waals surface area (Å²) < 4.78 is 0. The topological polar surface area (TPSA) is 32.3 Å². The van der Waals surface area contributed by atoms with Crippen LogP contribution in [0.25, 0.3) is 0 Å². The van der Waals surface area contributed by atoms with Gasteiger partial charge in [-0.1, -0.05) is 34.1 Å². The lowest BCUT2D eigenvalue weighted by Crippen LogP contribution is -2.43. The lowest BCUT2D eigenvalue weighted by molar-refractivity contribution is -0.134. The zero-order chi connectivity index (χ0) is 15.0. The first-order valence-electron chi connectivity index (χ1n) is 8.61. The van der Waals surface area contributed by atoms with Crippen LogP contribution in [-0.2, 0) is 4.79 Å². The summed E-state index contributed by atoms with van der Waals surface area (Å²) in [6.07, 6.45) is 7.69. The van der Waals surface area contributed by atoms with E-state index < -0.39 is 0 Å². The maximum Gasteiger partial charge on any atom is 0.222 e. The number of hydrogen-bond acceptors (Lipinski definition) is 2. The monoisotopic (exact) mass is 282 g/mol. The lowest BCUT2D eigenvalue weighted by atomic mass is 9.99. The smallest absolute Gasteiger partial charge is 0.222 e. The van der Waals surface area contributed by atoms with Crippen molar-refractivity contribution in [3.63, 3.8) is 0 Å². The second-order valence-corrected chi connectivity index (χ2v) is 6.60. The van der Waals surface area contributed by atoms with Crippen LogP contribution >= 0.6 is 0 Å². The Kier molecular flexibility index (Phi) is 8.20. The molecule has 0 aromatic rings. The van der Waals surface area contributed by atoms with Crippen molar-refractivity contribution in [2.75, 3.05) is 13.1 Å². The molecule has 0 bridgehead atoms. The molecule has 1 rings (SSSR count). The van der Waals surface area contributed by atoms with E-state index in [1.54, 1.807) is 0 Å². The maximum absolute atomic E-state index is 12.6. The van der Waals surface area contributed by atoms with Crippen molar-refractivity contribution >= 4 is 5.91 Å². The number of nitrogens with one attached hydrogen (secondary N) is 1. The van der Waals surface area contributed by atoms with Crippen LogP contribution in [0.2, 0.25) is 0 Å². The number of carbonyl (C=O) groups excluding carboxylic acids is 1. The molecule has 0 radical (unpaired) electrons. The van der Waals surface area contributed by atoms with Crippen molar-refractivity contribution in [3.05, 3.63) is 0 Å². The molecule has 0 aromatic heterocycles. The van der Waals surface area contributed by atoms with Gasteiger partial charge in [-0.25, -0.2) is 0 Å². The molecule has 1 heterocycles. The van der Waals surface area contributed by atoms with Crippen LogP contribution in [0.3, 0.4) is 0 Å². The molecule has 1 fully saturated rings. The standard InChI is InChI=1S/C17H34N2O/c1-5-16(6-2)19(13-14(3)4)17(20)11-10-15-9-7-8-12-18-15/h14-16,18H,5-13H2,1-4H3. The summed E-state index contributed by atoms with van der Waals surface area (Å²) in [4.78, 5) is 14.7. The van der Waals surface area contributed by atoms with E-state index in [1.165, 1.54) is 19.3 Å². The average molecular weight is 282 g/mol. The third-order valence-corrected chi connectivity index (χ3v) is 4.38. The molecule has 1 atom stereocenters. The highest BCUT2D eigenvalue weighted by Crippen LogP contribution is 2.17. The summed E-state index contributed by atoms with van der Waals surface area (Å²) in [7, 11) is 0. The van der Waals surface area contributed by atoms with Gasteiger partial charge in [0.1, 0.15) is 0 Å². The highest BCUT2D eigenvalue weighted by Gasteiger charge is 2.23. The van der Waals surface area contributed by atoms with Crippen LogP contribution in [0.15, 0.2) is 0 Å². The first-order valence-corrected chi connectivity index (χ1v) is 8.61. The fourth-order valence-corrected chi connectivity index (χ4v) is 3.19. The van der Waals surface area contributed by atoms with E-state index in [0.717, 1.165) is 32.4 Å². The molecule has 3 nitrogen and oxygen atoms in total. The van der Waals surface area contributed by atoms with Crippen LogP contribution in [0.4, 0.5) is 0 Å². The van der Waals surface area contributed by atoms with Crippen molar-refractivity contribution in [3.8, 4) is 0 Å². The normalized spacial score (nSPS) is 19.6. The van der Waals surface area contributed by atoms with Gasteiger partial charge in [0.2, 0.25) is 5.91 Å². The Labute approximate surface area is 125 Å². The molecule has 0 saturated carbocycles. The highest BCUT2D eigenvalue weighted by atomic mass is 16.2. The Hall–Kier alpha value is -0.570. The predicted octanol–water partition coefficient (Wildman–Crippen LogP) is 3.58. The fraction of sp³-hybridized carbons (Fsp3) is 0.941. The molecule has 0 aromatic carbocycles. The first kappa shape index (κ1) is 17.5. The van der Waals surface area contributed by atoms with Crippen LogP contribution in [0, 0.1) is 5.92 Å². The molecule has 1 saturated heterocycles. The maximum atomic E-state index is 12.6. The summed E-state index contributed by atoms with van der Waals surface area (Å²) in [5.74, 6) is 0.909. The van der Waals surface area contributed by atoms with Gasteiger partial charge in [-0.3, -0.25) is 4.79 Å². The molecule has 118 valence electrons. The number of rotatable bonds is 8. The molecule has 1 amide bonds. The molecule has 0 spiro atoms. The number of hydrogen-bond donors (Lipinski definition) is 1. The van der Waals surface area contributed by atoms with Crippen molar-refractivity contribution < 1.29 is 4.79 Å². The summed E-state index contributed by atoms with van der Waals surface area (Å²) in [6.45, 7) is 10.8. The van der Waals surface area contributed by atoms with Gasteiger partial charge in [-0.15, -0.1) is 0 Å². The van der Waals surface area contributed by atoms with E-state index >= 15 is 0 Å². The van der Waals surface area contributed by atoms with Gasteiger partial charge in [0, 0.05) is 25.0 Å². The second kappa shape index (κ2) is 9.38. The van der Waals surface area contributed by atoms with E-state index in [0.29, 0.717) is 30.3 Å². The molecule has 1 aliphatic rings. The summed E-state index contributed by atoms with van der Waals surface area (Å²) in [6, 6.07) is 0.986. The summed E-state index contributed by atoms with van der Waals surface area (Å²) in [5.41, 5.74) is 0. The lowest BCUT2D eigenvalue weighted by Gasteiger charge is -2.33. The predicted molar refractivity (Wildman–Crippen MR) is 85.8 cm³/mol. The largest absolute Gasteiger partial charge is 0.339 e.